The molecule has 2 aromatic rings. The number of carbonyl (C=O) groups excluding carboxylic acids is 2. The van der Waals surface area contributed by atoms with Crippen LogP contribution in [-0.2, 0) is 9.59 Å². The van der Waals surface area contributed by atoms with Gasteiger partial charge in [-0.25, -0.2) is 9.59 Å². The van der Waals surface area contributed by atoms with Crippen molar-refractivity contribution in [2.45, 2.75) is 38.6 Å². The molecule has 1 aliphatic heterocycles. The molecule has 0 bridgehead atoms. The summed E-state index contributed by atoms with van der Waals surface area (Å²) in [7, 11) is 1.70. The number of nitrogens with one attached hydrogen (secondary N) is 1. The van der Waals surface area contributed by atoms with Gasteiger partial charge >= 0.3 is 12.0 Å². The van der Waals surface area contributed by atoms with Gasteiger partial charge in [0.2, 0.25) is 5.91 Å². The molecular weight excluding hydrogens is 464 g/mol. The van der Waals surface area contributed by atoms with Crippen molar-refractivity contribution in [1.29, 1.82) is 0 Å². The lowest BCUT2D eigenvalue weighted by atomic mass is 9.93. The molecule has 10 heteroatoms. The summed E-state index contributed by atoms with van der Waals surface area (Å²) in [6.07, 6.45) is 1.03. The van der Waals surface area contributed by atoms with Crippen molar-refractivity contribution in [1.82, 2.24) is 15.1 Å². The summed E-state index contributed by atoms with van der Waals surface area (Å²) in [5, 5.41) is 23.8. The number of hydrogen-bond acceptors (Lipinski definition) is 5. The number of likely N-dealkylation sites (N-methyl/N-ethyl adjacent to an activating group) is 1. The number of nitrogens with zero attached hydrogens (tertiary/aromatic N) is 3. The maximum atomic E-state index is 13.1. The van der Waals surface area contributed by atoms with Gasteiger partial charge in [-0.15, -0.1) is 0 Å². The van der Waals surface area contributed by atoms with E-state index in [0.29, 0.717) is 24.9 Å². The molecule has 3 rings (SSSR count). The van der Waals surface area contributed by atoms with Gasteiger partial charge in [0.25, 0.3) is 5.69 Å². The zero-order chi connectivity index (χ0) is 26.4. The molecule has 3 amide bonds. The summed E-state index contributed by atoms with van der Waals surface area (Å²) in [5.41, 5.74) is 1.19. The van der Waals surface area contributed by atoms with Crippen LogP contribution in [0.3, 0.4) is 0 Å². The Bertz CT molecular complexity index is 1180. The summed E-state index contributed by atoms with van der Waals surface area (Å²) < 4.78 is 0. The van der Waals surface area contributed by atoms with Gasteiger partial charge in [-0.1, -0.05) is 49.4 Å². The quantitative estimate of drug-likeness (QED) is 0.378. The first-order valence-electron chi connectivity index (χ1n) is 11.7. The van der Waals surface area contributed by atoms with E-state index in [1.54, 1.807) is 18.0 Å². The molecule has 2 unspecified atom stereocenters. The molecule has 190 valence electrons. The number of non-ortho nitro benzene ring substituents is 1. The monoisotopic (exact) mass is 494 g/mol. The van der Waals surface area contributed by atoms with Crippen molar-refractivity contribution < 1.29 is 24.4 Å². The van der Waals surface area contributed by atoms with Gasteiger partial charge < -0.3 is 20.2 Å². The van der Waals surface area contributed by atoms with Crippen LogP contribution in [0.15, 0.2) is 65.9 Å². The van der Waals surface area contributed by atoms with Gasteiger partial charge in [0, 0.05) is 38.0 Å². The topological polar surface area (TPSA) is 133 Å². The average Bonchev–Trinajstić information content (AvgIpc) is 2.85. The van der Waals surface area contributed by atoms with E-state index < -0.39 is 23.0 Å². The predicted molar refractivity (Wildman–Crippen MR) is 133 cm³/mol. The highest BCUT2D eigenvalue weighted by Gasteiger charge is 2.38. The highest BCUT2D eigenvalue weighted by atomic mass is 16.6. The first-order valence-corrected chi connectivity index (χ1v) is 11.7. The molecule has 36 heavy (non-hydrogen) atoms. The lowest BCUT2D eigenvalue weighted by molar-refractivity contribution is -0.384. The second-order valence-electron chi connectivity index (χ2n) is 8.71. The summed E-state index contributed by atoms with van der Waals surface area (Å²) in [6, 6.07) is 13.6. The first kappa shape index (κ1) is 26.4. The van der Waals surface area contributed by atoms with E-state index in [1.807, 2.05) is 37.3 Å². The molecule has 1 aliphatic rings. The molecule has 0 aliphatic carbocycles. The minimum Gasteiger partial charge on any atom is -0.478 e. The molecule has 10 nitrogen and oxygen atoms in total. The number of hydrogen-bond donors (Lipinski definition) is 2. The van der Waals surface area contributed by atoms with Crippen molar-refractivity contribution in [2.24, 2.45) is 0 Å². The zero-order valence-corrected chi connectivity index (χ0v) is 20.5. The third-order valence-corrected chi connectivity index (χ3v) is 6.35. The Labute approximate surface area is 209 Å². The normalized spacial score (nSPS) is 16.4. The fourth-order valence-electron chi connectivity index (χ4n) is 4.53. The molecule has 0 fully saturated rings. The fraction of sp³-hybridized carbons (Fsp3) is 0.346. The lowest BCUT2D eigenvalue weighted by Crippen LogP contribution is -2.49. The Balaban J connectivity index is 1.80. The first-order chi connectivity index (χ1) is 17.1. The molecule has 2 aromatic carbocycles. The van der Waals surface area contributed by atoms with Crippen LogP contribution in [0.5, 0.6) is 0 Å². The average molecular weight is 495 g/mol. The van der Waals surface area contributed by atoms with Crippen LogP contribution in [0, 0.1) is 10.1 Å². The van der Waals surface area contributed by atoms with Crippen LogP contribution in [0.1, 0.15) is 49.8 Å². The van der Waals surface area contributed by atoms with E-state index in [2.05, 4.69) is 5.32 Å². The van der Waals surface area contributed by atoms with Crippen LogP contribution >= 0.6 is 0 Å². The van der Waals surface area contributed by atoms with Crippen LogP contribution in [-0.4, -0.2) is 57.9 Å². The largest absolute Gasteiger partial charge is 0.478 e. The van der Waals surface area contributed by atoms with E-state index in [-0.39, 0.29) is 35.3 Å². The van der Waals surface area contributed by atoms with Gasteiger partial charge in [0.1, 0.15) is 0 Å². The van der Waals surface area contributed by atoms with Crippen molar-refractivity contribution in [3.05, 3.63) is 87.1 Å². The fourth-order valence-corrected chi connectivity index (χ4v) is 4.53. The molecule has 0 spiro atoms. The van der Waals surface area contributed by atoms with Crippen molar-refractivity contribution in [3.63, 3.8) is 0 Å². The Morgan fingerprint density at radius 2 is 1.89 bits per heavy atom. The molecule has 1 heterocycles. The predicted octanol–water partition coefficient (Wildman–Crippen LogP) is 4.06. The molecule has 0 saturated heterocycles. The highest BCUT2D eigenvalue weighted by molar-refractivity contribution is 5.93. The smallest absolute Gasteiger partial charge is 0.335 e. The zero-order valence-electron chi connectivity index (χ0n) is 20.5. The third-order valence-electron chi connectivity index (χ3n) is 6.35. The van der Waals surface area contributed by atoms with Crippen LogP contribution in [0.4, 0.5) is 10.5 Å². The van der Waals surface area contributed by atoms with Gasteiger partial charge in [0.15, 0.2) is 0 Å². The van der Waals surface area contributed by atoms with E-state index in [4.69, 9.17) is 0 Å². The summed E-state index contributed by atoms with van der Waals surface area (Å²) >= 11 is 0. The number of allylic oxidation sites excluding steroid dienone is 1. The summed E-state index contributed by atoms with van der Waals surface area (Å²) in [5.74, 6) is -1.55. The third kappa shape index (κ3) is 5.70. The number of amides is 3. The SMILES string of the molecule is CCC(C(=O)N(C)CCCN1C(=O)NC(C)=C(C(=O)O)C1c1cccc([N+](=O)[O-])c1)c1ccccc1. The van der Waals surface area contributed by atoms with Gasteiger partial charge in [0.05, 0.1) is 22.5 Å². The Hall–Kier alpha value is -4.21. The number of rotatable bonds is 10. The molecule has 2 N–H and O–H groups in total. The summed E-state index contributed by atoms with van der Waals surface area (Å²) in [6.45, 7) is 3.93. The van der Waals surface area contributed by atoms with Gasteiger partial charge in [-0.3, -0.25) is 14.9 Å². The number of urea groups is 1. The number of carbonyl (C=O) groups is 3. The van der Waals surface area contributed by atoms with E-state index >= 15 is 0 Å². The summed E-state index contributed by atoms with van der Waals surface area (Å²) in [4.78, 5) is 51.8. The second kappa shape index (κ2) is 11.5. The Morgan fingerprint density at radius 3 is 2.50 bits per heavy atom. The van der Waals surface area contributed by atoms with E-state index in [9.17, 15) is 29.6 Å². The number of carboxylic acids is 1. The maximum Gasteiger partial charge on any atom is 0.335 e. The number of nitro benzene ring substituents is 1. The number of aliphatic carboxylic acids is 1. The van der Waals surface area contributed by atoms with Crippen LogP contribution < -0.4 is 5.32 Å². The van der Waals surface area contributed by atoms with Crippen molar-refractivity contribution >= 4 is 23.6 Å². The highest BCUT2D eigenvalue weighted by Crippen LogP contribution is 2.35. The minimum atomic E-state index is -1.23. The number of benzene rings is 2. The Morgan fingerprint density at radius 1 is 1.19 bits per heavy atom. The standard InChI is InChI=1S/C26H30N4O6/c1-4-21(18-10-6-5-7-11-18)24(31)28(3)14-9-15-29-23(19-12-8-13-20(16-19)30(35)36)22(25(32)33)17(2)27-26(29)34/h5-8,10-13,16,21,23H,4,9,14-15H2,1-3H3,(H,27,34)(H,32,33). The molecule has 0 saturated carbocycles. The Kier molecular flexibility index (Phi) is 8.42. The van der Waals surface area contributed by atoms with Gasteiger partial charge in [-0.2, -0.15) is 0 Å². The van der Waals surface area contributed by atoms with Crippen molar-refractivity contribution in [2.75, 3.05) is 20.1 Å². The van der Waals surface area contributed by atoms with E-state index in [1.165, 1.54) is 30.0 Å². The molecule has 2 atom stereocenters. The molecule has 0 aromatic heterocycles. The van der Waals surface area contributed by atoms with E-state index in [0.717, 1.165) is 5.56 Å². The molecular formula is C26H30N4O6. The molecule has 0 radical (unpaired) electrons. The van der Waals surface area contributed by atoms with Gasteiger partial charge in [-0.05, 0) is 30.9 Å². The van der Waals surface area contributed by atoms with Crippen LogP contribution in [0.2, 0.25) is 0 Å². The maximum absolute atomic E-state index is 13.1. The lowest BCUT2D eigenvalue weighted by Gasteiger charge is -2.37. The second-order valence-corrected chi connectivity index (χ2v) is 8.71. The minimum absolute atomic E-state index is 0.0380. The number of carboxylic acid groups (broad SMARTS) is 1. The van der Waals surface area contributed by atoms with Crippen molar-refractivity contribution in [3.8, 4) is 0 Å². The number of nitro groups is 1. The van der Waals surface area contributed by atoms with Crippen LogP contribution in [0.25, 0.3) is 0 Å².